The molecular weight excluding hydrogens is 344 g/mol. The first kappa shape index (κ1) is 14.9. The van der Waals surface area contributed by atoms with E-state index in [9.17, 15) is 8.42 Å². The van der Waals surface area contributed by atoms with Gasteiger partial charge in [-0.05, 0) is 24.3 Å². The van der Waals surface area contributed by atoms with Crippen LogP contribution in [0.3, 0.4) is 0 Å². The van der Waals surface area contributed by atoms with Crippen LogP contribution in [-0.4, -0.2) is 38.5 Å². The van der Waals surface area contributed by atoms with Crippen molar-refractivity contribution in [1.82, 2.24) is 9.78 Å². The highest BCUT2D eigenvalue weighted by Crippen LogP contribution is 2.31. The van der Waals surface area contributed by atoms with Crippen molar-refractivity contribution in [2.45, 2.75) is 4.90 Å². The van der Waals surface area contributed by atoms with Crippen LogP contribution in [0, 0.1) is 0 Å². The Labute approximate surface area is 126 Å². The third-order valence-corrected chi connectivity index (χ3v) is 4.39. The second-order valence-electron chi connectivity index (χ2n) is 4.59. The SMILES string of the molecule is CN(C)c1nn(-c2ccc(Br)cc2)c(N)c1S(C)(=O)=O. The summed E-state index contributed by atoms with van der Waals surface area (Å²) in [6, 6.07) is 7.29. The van der Waals surface area contributed by atoms with Crippen molar-refractivity contribution in [3.05, 3.63) is 28.7 Å². The number of nitrogens with zero attached hydrogens (tertiary/aromatic N) is 3. The lowest BCUT2D eigenvalue weighted by molar-refractivity contribution is 0.602. The second kappa shape index (κ2) is 5.10. The van der Waals surface area contributed by atoms with E-state index < -0.39 is 9.84 Å². The lowest BCUT2D eigenvalue weighted by Crippen LogP contribution is -2.13. The van der Waals surface area contributed by atoms with E-state index >= 15 is 0 Å². The van der Waals surface area contributed by atoms with Gasteiger partial charge in [-0.1, -0.05) is 15.9 Å². The highest BCUT2D eigenvalue weighted by molar-refractivity contribution is 9.10. The van der Waals surface area contributed by atoms with Gasteiger partial charge >= 0.3 is 0 Å². The van der Waals surface area contributed by atoms with Crippen molar-refractivity contribution in [3.8, 4) is 5.69 Å². The summed E-state index contributed by atoms with van der Waals surface area (Å²) in [6.45, 7) is 0. The Kier molecular flexibility index (Phi) is 3.79. The van der Waals surface area contributed by atoms with Gasteiger partial charge in [0, 0.05) is 24.8 Å². The van der Waals surface area contributed by atoms with Crippen LogP contribution in [0.2, 0.25) is 0 Å². The van der Waals surface area contributed by atoms with E-state index in [0.717, 1.165) is 10.7 Å². The van der Waals surface area contributed by atoms with Gasteiger partial charge in [0.2, 0.25) is 0 Å². The van der Waals surface area contributed by atoms with Gasteiger partial charge in [0.1, 0.15) is 5.82 Å². The fraction of sp³-hybridized carbons (Fsp3) is 0.250. The fourth-order valence-electron chi connectivity index (χ4n) is 1.83. The lowest BCUT2D eigenvalue weighted by Gasteiger charge is -2.09. The van der Waals surface area contributed by atoms with Gasteiger partial charge in [-0.3, -0.25) is 0 Å². The molecule has 2 N–H and O–H groups in total. The molecule has 0 saturated carbocycles. The summed E-state index contributed by atoms with van der Waals surface area (Å²) in [5.41, 5.74) is 6.68. The minimum absolute atomic E-state index is 0.0467. The fourth-order valence-corrected chi connectivity index (χ4v) is 3.12. The molecule has 2 rings (SSSR count). The maximum absolute atomic E-state index is 11.9. The number of rotatable bonds is 3. The number of benzene rings is 1. The van der Waals surface area contributed by atoms with E-state index in [-0.39, 0.29) is 10.7 Å². The van der Waals surface area contributed by atoms with E-state index in [1.165, 1.54) is 4.68 Å². The summed E-state index contributed by atoms with van der Waals surface area (Å²) in [6.07, 6.45) is 1.12. The number of aromatic nitrogens is 2. The Morgan fingerprint density at radius 2 is 1.80 bits per heavy atom. The zero-order valence-corrected chi connectivity index (χ0v) is 13.7. The van der Waals surface area contributed by atoms with E-state index in [1.54, 1.807) is 31.1 Å². The van der Waals surface area contributed by atoms with Crippen molar-refractivity contribution in [1.29, 1.82) is 0 Å². The Bertz CT molecular complexity index is 736. The minimum Gasteiger partial charge on any atom is -0.382 e. The van der Waals surface area contributed by atoms with Crippen LogP contribution in [0.1, 0.15) is 0 Å². The molecule has 1 aromatic carbocycles. The first-order chi connectivity index (χ1) is 9.21. The highest BCUT2D eigenvalue weighted by Gasteiger charge is 2.25. The van der Waals surface area contributed by atoms with E-state index in [4.69, 9.17) is 5.73 Å². The van der Waals surface area contributed by atoms with E-state index in [2.05, 4.69) is 21.0 Å². The molecule has 0 spiro atoms. The molecule has 0 aliphatic heterocycles. The van der Waals surface area contributed by atoms with Crippen LogP contribution in [0.25, 0.3) is 5.69 Å². The van der Waals surface area contributed by atoms with Crippen molar-refractivity contribution in [3.63, 3.8) is 0 Å². The van der Waals surface area contributed by atoms with Gasteiger partial charge in [-0.2, -0.15) is 0 Å². The van der Waals surface area contributed by atoms with Crippen molar-refractivity contribution >= 4 is 37.4 Å². The Morgan fingerprint density at radius 3 is 2.20 bits per heavy atom. The zero-order chi connectivity index (χ0) is 15.1. The summed E-state index contributed by atoms with van der Waals surface area (Å²) in [7, 11) is -0.0146. The molecule has 0 amide bonds. The average molecular weight is 359 g/mol. The molecule has 1 heterocycles. The van der Waals surface area contributed by atoms with Crippen molar-refractivity contribution in [2.24, 2.45) is 0 Å². The van der Waals surface area contributed by atoms with Gasteiger partial charge in [0.15, 0.2) is 20.6 Å². The molecule has 0 fully saturated rings. The molecule has 2 aromatic rings. The van der Waals surface area contributed by atoms with Gasteiger partial charge in [-0.15, -0.1) is 5.10 Å². The van der Waals surface area contributed by atoms with Crippen LogP contribution in [0.5, 0.6) is 0 Å². The van der Waals surface area contributed by atoms with Crippen molar-refractivity contribution < 1.29 is 8.42 Å². The summed E-state index contributed by atoms with van der Waals surface area (Å²) < 4.78 is 26.2. The standard InChI is InChI=1S/C12H15BrN4O2S/c1-16(2)12-10(20(3,18)19)11(14)17(15-12)9-6-4-8(13)5-7-9/h4-7H,14H2,1-3H3. The Balaban J connectivity index is 2.71. The number of hydrogen-bond donors (Lipinski definition) is 1. The van der Waals surface area contributed by atoms with Gasteiger partial charge in [0.25, 0.3) is 0 Å². The molecule has 20 heavy (non-hydrogen) atoms. The van der Waals surface area contributed by atoms with Gasteiger partial charge < -0.3 is 10.6 Å². The summed E-state index contributed by atoms with van der Waals surface area (Å²) in [4.78, 5) is 1.67. The highest BCUT2D eigenvalue weighted by atomic mass is 79.9. The number of anilines is 2. The second-order valence-corrected chi connectivity index (χ2v) is 7.46. The van der Waals surface area contributed by atoms with Crippen molar-refractivity contribution in [2.75, 3.05) is 31.0 Å². The van der Waals surface area contributed by atoms with Gasteiger partial charge in [0.05, 0.1) is 5.69 Å². The average Bonchev–Trinajstić information content (AvgIpc) is 2.68. The first-order valence-corrected chi connectivity index (χ1v) is 8.42. The minimum atomic E-state index is -3.46. The van der Waals surface area contributed by atoms with Crippen LogP contribution in [0.15, 0.2) is 33.6 Å². The monoisotopic (exact) mass is 358 g/mol. The molecule has 0 unspecified atom stereocenters. The normalized spacial score (nSPS) is 11.6. The molecule has 0 aliphatic rings. The zero-order valence-electron chi connectivity index (χ0n) is 11.3. The largest absolute Gasteiger partial charge is 0.382 e. The summed E-state index contributed by atoms with van der Waals surface area (Å²) >= 11 is 3.35. The third-order valence-electron chi connectivity index (χ3n) is 2.72. The van der Waals surface area contributed by atoms with Crippen LogP contribution in [0.4, 0.5) is 11.6 Å². The summed E-state index contributed by atoms with van der Waals surface area (Å²) in [5, 5.41) is 4.30. The molecule has 108 valence electrons. The first-order valence-electron chi connectivity index (χ1n) is 5.73. The number of nitrogens with two attached hydrogens (primary N) is 1. The number of hydrogen-bond acceptors (Lipinski definition) is 5. The Morgan fingerprint density at radius 1 is 1.25 bits per heavy atom. The molecular formula is C12H15BrN4O2S. The molecule has 1 aromatic heterocycles. The number of halogens is 1. The molecule has 0 atom stereocenters. The summed E-state index contributed by atoms with van der Waals surface area (Å²) in [5.74, 6) is 0.437. The molecule has 8 heteroatoms. The molecule has 0 saturated heterocycles. The third kappa shape index (κ3) is 2.66. The molecule has 6 nitrogen and oxygen atoms in total. The van der Waals surface area contributed by atoms with Crippen LogP contribution in [-0.2, 0) is 9.84 Å². The topological polar surface area (TPSA) is 81.2 Å². The molecule has 0 bridgehead atoms. The smallest absolute Gasteiger partial charge is 0.182 e. The predicted octanol–water partition coefficient (Wildman–Crippen LogP) is 1.69. The maximum atomic E-state index is 11.9. The van der Waals surface area contributed by atoms with E-state index in [0.29, 0.717) is 11.5 Å². The van der Waals surface area contributed by atoms with E-state index in [1.807, 2.05) is 12.1 Å². The molecule has 0 radical (unpaired) electrons. The van der Waals surface area contributed by atoms with Gasteiger partial charge in [-0.25, -0.2) is 13.1 Å². The quantitative estimate of drug-likeness (QED) is 0.902. The number of nitrogen functional groups attached to an aromatic ring is 1. The Hall–Kier alpha value is -1.54. The lowest BCUT2D eigenvalue weighted by atomic mass is 10.3. The predicted molar refractivity (Wildman–Crippen MR) is 83.1 cm³/mol. The number of sulfone groups is 1. The maximum Gasteiger partial charge on any atom is 0.182 e. The van der Waals surface area contributed by atoms with Crippen LogP contribution < -0.4 is 10.6 Å². The molecule has 0 aliphatic carbocycles. The van der Waals surface area contributed by atoms with Crippen LogP contribution >= 0.6 is 15.9 Å².